The van der Waals surface area contributed by atoms with E-state index in [1.807, 2.05) is 19.1 Å². The maximum absolute atomic E-state index is 14.4. The second-order valence-corrected chi connectivity index (χ2v) is 9.11. The normalized spacial score (nSPS) is 25.9. The first-order valence-electron chi connectivity index (χ1n) is 11.5. The predicted octanol–water partition coefficient (Wildman–Crippen LogP) is 8.07. The molecule has 4 unspecified atom stereocenters. The fourth-order valence-corrected chi connectivity index (χ4v) is 5.48. The number of halogens is 2. The van der Waals surface area contributed by atoms with Crippen molar-refractivity contribution in [2.24, 2.45) is 17.8 Å². The van der Waals surface area contributed by atoms with Gasteiger partial charge in [0.25, 0.3) is 0 Å². The first-order valence-corrected chi connectivity index (χ1v) is 11.5. The Hall–Kier alpha value is -2.42. The van der Waals surface area contributed by atoms with E-state index in [1.54, 1.807) is 12.2 Å². The third-order valence-corrected chi connectivity index (χ3v) is 7.26. The van der Waals surface area contributed by atoms with Crippen LogP contribution in [0.25, 0.3) is 11.1 Å². The van der Waals surface area contributed by atoms with E-state index in [-0.39, 0.29) is 12.4 Å². The van der Waals surface area contributed by atoms with Crippen LogP contribution < -0.4 is 4.74 Å². The average Bonchev–Trinajstić information content (AvgIpc) is 2.80. The molecule has 0 amide bonds. The van der Waals surface area contributed by atoms with Crippen molar-refractivity contribution >= 4 is 0 Å². The Morgan fingerprint density at radius 1 is 0.935 bits per heavy atom. The zero-order valence-electron chi connectivity index (χ0n) is 18.3. The molecule has 0 spiro atoms. The van der Waals surface area contributed by atoms with Gasteiger partial charge in [-0.3, -0.25) is 0 Å². The molecule has 164 valence electrons. The monoisotopic (exact) mass is 422 g/mol. The summed E-state index contributed by atoms with van der Waals surface area (Å²) in [5.74, 6) is 1.32. The van der Waals surface area contributed by atoms with Gasteiger partial charge in [-0.15, -0.1) is 6.58 Å². The Morgan fingerprint density at radius 2 is 1.61 bits per heavy atom. The van der Waals surface area contributed by atoms with Gasteiger partial charge in [0.05, 0.1) is 0 Å². The maximum Gasteiger partial charge on any atom is 0.191 e. The van der Waals surface area contributed by atoms with E-state index in [0.29, 0.717) is 17.4 Å². The smallest absolute Gasteiger partial charge is 0.191 e. The lowest BCUT2D eigenvalue weighted by Gasteiger charge is -2.41. The molecule has 2 aromatic carbocycles. The van der Waals surface area contributed by atoms with Crippen LogP contribution in [0.2, 0.25) is 0 Å². The maximum atomic E-state index is 14.4. The quantitative estimate of drug-likeness (QED) is 0.428. The van der Waals surface area contributed by atoms with Crippen molar-refractivity contribution in [2.75, 3.05) is 6.61 Å². The summed E-state index contributed by atoms with van der Waals surface area (Å²) >= 11 is 0. The Morgan fingerprint density at radius 3 is 2.29 bits per heavy atom. The number of rotatable bonds is 6. The van der Waals surface area contributed by atoms with Crippen LogP contribution in [0.15, 0.2) is 61.2 Å². The van der Waals surface area contributed by atoms with Gasteiger partial charge in [-0.2, -0.15) is 0 Å². The molecule has 4 rings (SSSR count). The fourth-order valence-electron chi connectivity index (χ4n) is 5.48. The molecule has 31 heavy (non-hydrogen) atoms. The molecule has 0 aromatic heterocycles. The summed E-state index contributed by atoms with van der Waals surface area (Å²) in [6.07, 6.45) is 13.3. The number of fused-ring (bicyclic) bond motifs is 1. The lowest BCUT2D eigenvalue weighted by molar-refractivity contribution is 0.133. The lowest BCUT2D eigenvalue weighted by Crippen LogP contribution is -2.29. The molecule has 2 saturated carbocycles. The minimum Gasteiger partial charge on any atom is -0.483 e. The summed E-state index contributed by atoms with van der Waals surface area (Å²) in [5, 5.41) is 0. The molecule has 2 aliphatic carbocycles. The zero-order chi connectivity index (χ0) is 21.8. The zero-order valence-corrected chi connectivity index (χ0v) is 18.3. The van der Waals surface area contributed by atoms with E-state index in [1.165, 1.54) is 56.2 Å². The standard InChI is InChI=1S/C28H32F2O/c1-3-5-14-31-28-26(29)17-25(18-27(28)30)21-10-8-20(9-11-21)23-13-12-22-15-19(4-2)6-7-24(22)16-23/h3-5,8-11,17-19,22-24H,2,6-7,12-16H2,1H3/b5-3+. The van der Waals surface area contributed by atoms with Crippen LogP contribution in [0.4, 0.5) is 8.78 Å². The van der Waals surface area contributed by atoms with Gasteiger partial charge < -0.3 is 4.74 Å². The molecule has 3 heteroatoms. The molecule has 0 saturated heterocycles. The molecule has 2 aliphatic rings. The Balaban J connectivity index is 1.44. The first-order chi connectivity index (χ1) is 15.1. The van der Waals surface area contributed by atoms with Gasteiger partial charge in [0, 0.05) is 0 Å². The molecule has 0 heterocycles. The van der Waals surface area contributed by atoms with Crippen molar-refractivity contribution in [2.45, 2.75) is 51.4 Å². The Labute approximate surface area is 184 Å². The van der Waals surface area contributed by atoms with E-state index in [9.17, 15) is 8.78 Å². The van der Waals surface area contributed by atoms with Crippen LogP contribution in [0.5, 0.6) is 5.75 Å². The van der Waals surface area contributed by atoms with Gasteiger partial charge >= 0.3 is 0 Å². The van der Waals surface area contributed by atoms with Crippen LogP contribution in [-0.2, 0) is 0 Å². The summed E-state index contributed by atoms with van der Waals surface area (Å²) in [6.45, 7) is 5.98. The molecule has 2 aromatic rings. The van der Waals surface area contributed by atoms with Crippen LogP contribution in [0.3, 0.4) is 0 Å². The summed E-state index contributed by atoms with van der Waals surface area (Å²) in [6, 6.07) is 11.0. The summed E-state index contributed by atoms with van der Waals surface area (Å²) < 4.78 is 34.0. The summed E-state index contributed by atoms with van der Waals surface area (Å²) in [5.41, 5.74) is 2.70. The van der Waals surface area contributed by atoms with E-state index in [2.05, 4.69) is 24.8 Å². The van der Waals surface area contributed by atoms with Gasteiger partial charge in [-0.05, 0) is 97.9 Å². The highest BCUT2D eigenvalue weighted by Gasteiger charge is 2.35. The largest absolute Gasteiger partial charge is 0.483 e. The van der Waals surface area contributed by atoms with E-state index in [0.717, 1.165) is 17.4 Å². The van der Waals surface area contributed by atoms with Crippen LogP contribution in [0, 0.1) is 29.4 Å². The highest BCUT2D eigenvalue weighted by Crippen LogP contribution is 2.47. The number of allylic oxidation sites excluding steroid dienone is 2. The van der Waals surface area contributed by atoms with Crippen molar-refractivity contribution in [3.05, 3.63) is 78.4 Å². The summed E-state index contributed by atoms with van der Waals surface area (Å²) in [4.78, 5) is 0. The van der Waals surface area contributed by atoms with Crippen molar-refractivity contribution in [3.63, 3.8) is 0 Å². The fraction of sp³-hybridized carbons (Fsp3) is 0.429. The number of ether oxygens (including phenoxy) is 1. The second kappa shape index (κ2) is 9.80. The molecule has 0 radical (unpaired) electrons. The SMILES string of the molecule is C=CC1CCC2CC(c3ccc(-c4cc(F)c(OC/C=C/C)c(F)c4)cc3)CCC2C1. The second-order valence-electron chi connectivity index (χ2n) is 9.11. The van der Waals surface area contributed by atoms with Crippen LogP contribution >= 0.6 is 0 Å². The van der Waals surface area contributed by atoms with Gasteiger partial charge in [0.15, 0.2) is 17.4 Å². The average molecular weight is 423 g/mol. The molecule has 2 fully saturated rings. The minimum atomic E-state index is -0.669. The van der Waals surface area contributed by atoms with Gasteiger partial charge in [0.2, 0.25) is 0 Å². The number of hydrogen-bond acceptors (Lipinski definition) is 1. The number of hydrogen-bond donors (Lipinski definition) is 0. The van der Waals surface area contributed by atoms with Crippen LogP contribution in [0.1, 0.15) is 56.9 Å². The topological polar surface area (TPSA) is 9.23 Å². The van der Waals surface area contributed by atoms with Crippen molar-refractivity contribution < 1.29 is 13.5 Å². The highest BCUT2D eigenvalue weighted by molar-refractivity contribution is 5.65. The predicted molar refractivity (Wildman–Crippen MR) is 123 cm³/mol. The van der Waals surface area contributed by atoms with E-state index in [4.69, 9.17) is 4.74 Å². The molecule has 4 atom stereocenters. The minimum absolute atomic E-state index is 0.149. The van der Waals surface area contributed by atoms with Gasteiger partial charge in [-0.1, -0.05) is 42.5 Å². The van der Waals surface area contributed by atoms with Gasteiger partial charge in [0.1, 0.15) is 6.61 Å². The Kier molecular flexibility index (Phi) is 6.89. The van der Waals surface area contributed by atoms with Gasteiger partial charge in [-0.25, -0.2) is 8.78 Å². The first kappa shape index (κ1) is 21.8. The van der Waals surface area contributed by atoms with E-state index < -0.39 is 11.6 Å². The molecule has 0 N–H and O–H groups in total. The summed E-state index contributed by atoms with van der Waals surface area (Å²) in [7, 11) is 0. The van der Waals surface area contributed by atoms with Crippen molar-refractivity contribution in [3.8, 4) is 16.9 Å². The molecule has 0 bridgehead atoms. The highest BCUT2D eigenvalue weighted by atomic mass is 19.1. The molecule has 0 aliphatic heterocycles. The number of benzene rings is 2. The molecular weight excluding hydrogens is 390 g/mol. The lowest BCUT2D eigenvalue weighted by atomic mass is 9.64. The molecule has 1 nitrogen and oxygen atoms in total. The van der Waals surface area contributed by atoms with Crippen LogP contribution in [-0.4, -0.2) is 6.61 Å². The van der Waals surface area contributed by atoms with Crippen molar-refractivity contribution in [1.82, 2.24) is 0 Å². The molecular formula is C28H32F2O. The van der Waals surface area contributed by atoms with Crippen molar-refractivity contribution in [1.29, 1.82) is 0 Å². The Bertz CT molecular complexity index is 908. The third kappa shape index (κ3) is 4.92. The van der Waals surface area contributed by atoms with E-state index >= 15 is 0 Å². The third-order valence-electron chi connectivity index (χ3n) is 7.26.